The fraction of sp³-hybridized carbons (Fsp3) is 0.400. The molecule has 0 aromatic heterocycles. The molecule has 1 atom stereocenters. The SMILES string of the molecule is CN=C(NCc1ccc(N2CC=CC2)cc1)NC(C)c1cccc(N2CCCC2)c1.I. The Kier molecular flexibility index (Phi) is 8.63. The van der Waals surface area contributed by atoms with Gasteiger partial charge in [-0.25, -0.2) is 0 Å². The number of hydrogen-bond acceptors (Lipinski definition) is 3. The third kappa shape index (κ3) is 6.15. The monoisotopic (exact) mass is 531 g/mol. The summed E-state index contributed by atoms with van der Waals surface area (Å²) in [6.07, 6.45) is 7.02. The van der Waals surface area contributed by atoms with Crippen LogP contribution in [0.3, 0.4) is 0 Å². The van der Waals surface area contributed by atoms with Crippen molar-refractivity contribution in [1.82, 2.24) is 10.6 Å². The molecular formula is C25H34IN5. The molecule has 1 unspecified atom stereocenters. The first-order valence-corrected chi connectivity index (χ1v) is 11.0. The third-order valence-corrected chi connectivity index (χ3v) is 6.00. The summed E-state index contributed by atoms with van der Waals surface area (Å²) in [5.74, 6) is 0.821. The van der Waals surface area contributed by atoms with Gasteiger partial charge >= 0.3 is 0 Å². The summed E-state index contributed by atoms with van der Waals surface area (Å²) in [6, 6.07) is 17.8. The second-order valence-corrected chi connectivity index (χ2v) is 8.12. The van der Waals surface area contributed by atoms with Gasteiger partial charge in [0.2, 0.25) is 0 Å². The molecule has 2 aliphatic rings. The second kappa shape index (κ2) is 11.4. The molecule has 1 fully saturated rings. The van der Waals surface area contributed by atoms with E-state index >= 15 is 0 Å². The molecule has 2 aromatic carbocycles. The van der Waals surface area contributed by atoms with Crippen molar-refractivity contribution in [1.29, 1.82) is 0 Å². The van der Waals surface area contributed by atoms with Gasteiger partial charge < -0.3 is 20.4 Å². The number of guanidine groups is 1. The van der Waals surface area contributed by atoms with Crippen LogP contribution in [0, 0.1) is 0 Å². The number of benzene rings is 2. The summed E-state index contributed by atoms with van der Waals surface area (Å²) in [5, 5.41) is 6.98. The molecule has 0 bridgehead atoms. The summed E-state index contributed by atoms with van der Waals surface area (Å²) in [4.78, 5) is 9.25. The zero-order valence-electron chi connectivity index (χ0n) is 18.6. The highest BCUT2D eigenvalue weighted by atomic mass is 127. The maximum atomic E-state index is 4.42. The molecule has 0 aliphatic carbocycles. The predicted octanol–water partition coefficient (Wildman–Crippen LogP) is 4.71. The Labute approximate surface area is 203 Å². The van der Waals surface area contributed by atoms with Crippen LogP contribution in [-0.4, -0.2) is 39.2 Å². The highest BCUT2D eigenvalue weighted by molar-refractivity contribution is 14.0. The Morgan fingerprint density at radius 2 is 1.68 bits per heavy atom. The summed E-state index contributed by atoms with van der Waals surface area (Å²) in [6.45, 7) is 7.28. The van der Waals surface area contributed by atoms with Crippen molar-refractivity contribution >= 4 is 41.3 Å². The van der Waals surface area contributed by atoms with Crippen LogP contribution in [0.15, 0.2) is 65.7 Å². The average molecular weight is 531 g/mol. The van der Waals surface area contributed by atoms with Gasteiger partial charge in [0, 0.05) is 51.1 Å². The van der Waals surface area contributed by atoms with Crippen LogP contribution in [0.2, 0.25) is 0 Å². The molecule has 166 valence electrons. The highest BCUT2D eigenvalue weighted by Gasteiger charge is 2.14. The summed E-state index contributed by atoms with van der Waals surface area (Å²) in [7, 11) is 1.83. The van der Waals surface area contributed by atoms with Crippen LogP contribution >= 0.6 is 24.0 Å². The van der Waals surface area contributed by atoms with Crippen molar-refractivity contribution in [3.05, 3.63) is 71.8 Å². The fourth-order valence-electron chi connectivity index (χ4n) is 4.15. The van der Waals surface area contributed by atoms with Gasteiger partial charge in [0.15, 0.2) is 5.96 Å². The maximum absolute atomic E-state index is 4.42. The van der Waals surface area contributed by atoms with Crippen molar-refractivity contribution in [2.75, 3.05) is 43.0 Å². The molecule has 2 aliphatic heterocycles. The Hall–Kier alpha value is -2.22. The van der Waals surface area contributed by atoms with E-state index in [1.54, 1.807) is 0 Å². The smallest absolute Gasteiger partial charge is 0.191 e. The molecule has 4 rings (SSSR count). The summed E-state index contributed by atoms with van der Waals surface area (Å²) in [5.41, 5.74) is 5.14. The zero-order chi connectivity index (χ0) is 20.8. The molecule has 0 amide bonds. The van der Waals surface area contributed by atoms with Crippen molar-refractivity contribution in [3.63, 3.8) is 0 Å². The molecule has 0 radical (unpaired) electrons. The van der Waals surface area contributed by atoms with E-state index in [4.69, 9.17) is 0 Å². The minimum absolute atomic E-state index is 0. The van der Waals surface area contributed by atoms with Crippen molar-refractivity contribution < 1.29 is 0 Å². The lowest BCUT2D eigenvalue weighted by molar-refractivity contribution is 0.685. The Morgan fingerprint density at radius 1 is 0.968 bits per heavy atom. The predicted molar refractivity (Wildman–Crippen MR) is 143 cm³/mol. The molecule has 5 nitrogen and oxygen atoms in total. The van der Waals surface area contributed by atoms with Gasteiger partial charge in [-0.05, 0) is 55.2 Å². The standard InChI is InChI=1S/C25H33N5.HI/c1-20(22-8-7-9-24(18-22)30-16-5-6-17-30)28-25(26-2)27-19-21-10-12-23(13-11-21)29-14-3-4-15-29;/h3-4,7-13,18,20H,5-6,14-17,19H2,1-2H3,(H2,26,27,28);1H. The minimum atomic E-state index is 0. The number of halogens is 1. The summed E-state index contributed by atoms with van der Waals surface area (Å²) < 4.78 is 0. The van der Waals surface area contributed by atoms with Crippen LogP contribution in [-0.2, 0) is 6.54 Å². The van der Waals surface area contributed by atoms with E-state index in [1.807, 2.05) is 7.05 Å². The molecule has 1 saturated heterocycles. The van der Waals surface area contributed by atoms with E-state index < -0.39 is 0 Å². The first-order chi connectivity index (χ1) is 14.7. The quantitative estimate of drug-likeness (QED) is 0.245. The lowest BCUT2D eigenvalue weighted by Gasteiger charge is -2.22. The lowest BCUT2D eigenvalue weighted by Crippen LogP contribution is -2.38. The van der Waals surface area contributed by atoms with Gasteiger partial charge in [0.1, 0.15) is 0 Å². The van der Waals surface area contributed by atoms with E-state index in [0.29, 0.717) is 0 Å². The molecule has 6 heteroatoms. The molecular weight excluding hydrogens is 497 g/mol. The summed E-state index contributed by atoms with van der Waals surface area (Å²) >= 11 is 0. The van der Waals surface area contributed by atoms with Crippen LogP contribution in [0.1, 0.15) is 36.9 Å². The van der Waals surface area contributed by atoms with E-state index in [-0.39, 0.29) is 30.0 Å². The topological polar surface area (TPSA) is 42.9 Å². The van der Waals surface area contributed by atoms with Crippen molar-refractivity contribution in [2.45, 2.75) is 32.4 Å². The Bertz CT molecular complexity index is 879. The minimum Gasteiger partial charge on any atom is -0.372 e. The molecule has 31 heavy (non-hydrogen) atoms. The highest BCUT2D eigenvalue weighted by Crippen LogP contribution is 2.24. The Balaban J connectivity index is 0.00000272. The van der Waals surface area contributed by atoms with E-state index in [0.717, 1.165) is 25.6 Å². The number of hydrogen-bond donors (Lipinski definition) is 2. The van der Waals surface area contributed by atoms with Crippen LogP contribution in [0.5, 0.6) is 0 Å². The lowest BCUT2D eigenvalue weighted by atomic mass is 10.1. The van der Waals surface area contributed by atoms with E-state index in [1.165, 1.54) is 48.4 Å². The number of nitrogens with zero attached hydrogens (tertiary/aromatic N) is 3. The van der Waals surface area contributed by atoms with Crippen LogP contribution in [0.25, 0.3) is 0 Å². The number of aliphatic imine (C=N–C) groups is 1. The van der Waals surface area contributed by atoms with Crippen LogP contribution < -0.4 is 20.4 Å². The molecule has 2 aromatic rings. The number of anilines is 2. The van der Waals surface area contributed by atoms with Gasteiger partial charge in [-0.15, -0.1) is 24.0 Å². The second-order valence-electron chi connectivity index (χ2n) is 8.12. The Morgan fingerprint density at radius 3 is 2.35 bits per heavy atom. The average Bonchev–Trinajstić information content (AvgIpc) is 3.51. The normalized spacial score (nSPS) is 16.9. The van der Waals surface area contributed by atoms with Gasteiger partial charge in [-0.3, -0.25) is 4.99 Å². The van der Waals surface area contributed by atoms with Crippen molar-refractivity contribution in [2.24, 2.45) is 4.99 Å². The first kappa shape index (κ1) is 23.4. The van der Waals surface area contributed by atoms with Crippen LogP contribution in [0.4, 0.5) is 11.4 Å². The molecule has 0 saturated carbocycles. The first-order valence-electron chi connectivity index (χ1n) is 11.0. The third-order valence-electron chi connectivity index (χ3n) is 6.00. The largest absolute Gasteiger partial charge is 0.372 e. The van der Waals surface area contributed by atoms with Gasteiger partial charge in [0.25, 0.3) is 0 Å². The maximum Gasteiger partial charge on any atom is 0.191 e. The fourth-order valence-corrected chi connectivity index (χ4v) is 4.15. The number of nitrogens with one attached hydrogen (secondary N) is 2. The van der Waals surface area contributed by atoms with E-state index in [2.05, 4.69) is 93.0 Å². The zero-order valence-corrected chi connectivity index (χ0v) is 20.9. The molecule has 0 spiro atoms. The molecule has 2 heterocycles. The molecule has 2 N–H and O–H groups in total. The van der Waals surface area contributed by atoms with E-state index in [9.17, 15) is 0 Å². The van der Waals surface area contributed by atoms with Crippen molar-refractivity contribution in [3.8, 4) is 0 Å². The van der Waals surface area contributed by atoms with Gasteiger partial charge in [-0.1, -0.05) is 36.4 Å². The number of rotatable bonds is 6. The van der Waals surface area contributed by atoms with Gasteiger partial charge in [0.05, 0.1) is 6.04 Å². The van der Waals surface area contributed by atoms with Gasteiger partial charge in [-0.2, -0.15) is 0 Å².